The summed E-state index contributed by atoms with van der Waals surface area (Å²) in [5.74, 6) is 0. The number of hydrogen-bond acceptors (Lipinski definition) is 3. The topological polar surface area (TPSA) is 62.5 Å². The smallest absolute Gasteiger partial charge is 0.232 e. The number of benzene rings is 3. The van der Waals surface area contributed by atoms with E-state index in [9.17, 15) is 13.5 Å². The van der Waals surface area contributed by atoms with E-state index in [2.05, 4.69) is 16.7 Å². The first-order valence-electron chi connectivity index (χ1n) is 9.53. The first-order valence-corrected chi connectivity index (χ1v) is 11.4. The molecule has 1 aromatic heterocycles. The van der Waals surface area contributed by atoms with Crippen LogP contribution in [0.25, 0.3) is 21.8 Å². The zero-order chi connectivity index (χ0) is 20.6. The molecule has 0 bridgehead atoms. The molecular weight excluding hydrogens is 383 g/mol. The van der Waals surface area contributed by atoms with Gasteiger partial charge in [0.25, 0.3) is 0 Å². The number of aliphatic hydroxyl groups is 1. The van der Waals surface area contributed by atoms with E-state index in [0.717, 1.165) is 27.3 Å². The normalized spacial score (nSPS) is 13.0. The highest BCUT2D eigenvalue weighted by Gasteiger charge is 2.22. The van der Waals surface area contributed by atoms with Crippen LogP contribution in [0.15, 0.2) is 72.8 Å². The van der Waals surface area contributed by atoms with Crippen LogP contribution in [-0.2, 0) is 16.6 Å². The molecular formula is C22H23BN2O3S. The second-order valence-electron chi connectivity index (χ2n) is 7.43. The molecule has 0 fully saturated rings. The van der Waals surface area contributed by atoms with E-state index in [1.807, 2.05) is 56.4 Å². The van der Waals surface area contributed by atoms with E-state index >= 15 is 0 Å². The maximum Gasteiger partial charge on any atom is 0.232 e. The van der Waals surface area contributed by atoms with E-state index in [1.165, 1.54) is 10.6 Å². The first kappa shape index (κ1) is 19.5. The van der Waals surface area contributed by atoms with Gasteiger partial charge >= 0.3 is 0 Å². The number of rotatable bonds is 6. The molecule has 29 heavy (non-hydrogen) atoms. The lowest BCUT2D eigenvalue weighted by Crippen LogP contribution is -2.38. The molecule has 4 rings (SSSR count). The van der Waals surface area contributed by atoms with Gasteiger partial charge in [-0.3, -0.25) is 4.31 Å². The van der Waals surface area contributed by atoms with E-state index in [0.29, 0.717) is 12.2 Å². The SMILES string of the molecule is Bc1ccc(N(CC(O)Cn2c3ccccc3c3ccccc32)S(C)(=O)=O)cc1. The van der Waals surface area contributed by atoms with Crippen LogP contribution in [-0.4, -0.2) is 44.8 Å². The average Bonchev–Trinajstić information content (AvgIpc) is 3.00. The molecule has 1 atom stereocenters. The number of nitrogens with zero attached hydrogens (tertiary/aromatic N) is 2. The molecule has 0 aliphatic rings. The zero-order valence-corrected chi connectivity index (χ0v) is 17.3. The standard InChI is InChI=1S/C22H23BN2O3S/c1-29(27,28)25(17-12-10-16(23)11-13-17)15-18(26)14-24-21-8-4-2-6-19(21)20-7-3-5-9-22(20)24/h2-13,18,26H,14-15,23H2,1H3. The Morgan fingerprint density at radius 3 is 1.97 bits per heavy atom. The van der Waals surface area contributed by atoms with Crippen molar-refractivity contribution in [2.45, 2.75) is 12.6 Å². The van der Waals surface area contributed by atoms with Crippen LogP contribution in [0.3, 0.4) is 0 Å². The summed E-state index contributed by atoms with van der Waals surface area (Å²) in [6.45, 7) is 0.286. The van der Waals surface area contributed by atoms with Crippen LogP contribution in [0.2, 0.25) is 0 Å². The quantitative estimate of drug-likeness (QED) is 0.498. The van der Waals surface area contributed by atoms with Crippen LogP contribution in [0.4, 0.5) is 5.69 Å². The highest BCUT2D eigenvalue weighted by atomic mass is 32.2. The van der Waals surface area contributed by atoms with Crippen molar-refractivity contribution in [3.05, 3.63) is 72.8 Å². The van der Waals surface area contributed by atoms with E-state index < -0.39 is 16.1 Å². The summed E-state index contributed by atoms with van der Waals surface area (Å²) < 4.78 is 28.1. The highest BCUT2D eigenvalue weighted by molar-refractivity contribution is 7.92. The number of sulfonamides is 1. The van der Waals surface area contributed by atoms with Crippen LogP contribution in [0.5, 0.6) is 0 Å². The number of hydrogen-bond donors (Lipinski definition) is 1. The minimum Gasteiger partial charge on any atom is -0.389 e. The largest absolute Gasteiger partial charge is 0.389 e. The summed E-state index contributed by atoms with van der Waals surface area (Å²) in [5, 5.41) is 13.1. The van der Waals surface area contributed by atoms with Gasteiger partial charge in [0.15, 0.2) is 0 Å². The molecule has 0 aliphatic carbocycles. The predicted octanol–water partition coefficient (Wildman–Crippen LogP) is 1.88. The Kier molecular flexibility index (Phi) is 5.11. The van der Waals surface area contributed by atoms with E-state index in [1.54, 1.807) is 12.1 Å². The Balaban J connectivity index is 1.68. The molecule has 1 N–H and O–H groups in total. The molecule has 0 aliphatic heterocycles. The van der Waals surface area contributed by atoms with Crippen molar-refractivity contribution in [2.75, 3.05) is 17.1 Å². The number of aromatic nitrogens is 1. The fraction of sp³-hybridized carbons (Fsp3) is 0.182. The third-order valence-corrected chi connectivity index (χ3v) is 6.33. The summed E-state index contributed by atoms with van der Waals surface area (Å²) in [5.41, 5.74) is 3.65. The molecule has 7 heteroatoms. The number of para-hydroxylation sites is 2. The van der Waals surface area contributed by atoms with Crippen LogP contribution >= 0.6 is 0 Å². The fourth-order valence-electron chi connectivity index (χ4n) is 3.80. The van der Waals surface area contributed by atoms with Crippen molar-refractivity contribution in [3.63, 3.8) is 0 Å². The summed E-state index contributed by atoms with van der Waals surface area (Å²) in [7, 11) is -1.58. The van der Waals surface area contributed by atoms with Gasteiger partial charge in [0.05, 0.1) is 31.1 Å². The Labute approximate surface area is 171 Å². The second kappa shape index (κ2) is 7.57. The highest BCUT2D eigenvalue weighted by Crippen LogP contribution is 2.29. The van der Waals surface area contributed by atoms with Crippen molar-refractivity contribution >= 4 is 50.8 Å². The summed E-state index contributed by atoms with van der Waals surface area (Å²) in [4.78, 5) is 0. The summed E-state index contributed by atoms with van der Waals surface area (Å²) in [6.07, 6.45) is 0.297. The van der Waals surface area contributed by atoms with Gasteiger partial charge in [-0.1, -0.05) is 54.0 Å². The molecule has 0 saturated carbocycles. The predicted molar refractivity (Wildman–Crippen MR) is 122 cm³/mol. The van der Waals surface area contributed by atoms with Gasteiger partial charge in [0, 0.05) is 21.8 Å². The minimum absolute atomic E-state index is 0.0112. The van der Waals surface area contributed by atoms with E-state index in [4.69, 9.17) is 0 Å². The Bertz CT molecular complexity index is 1210. The lowest BCUT2D eigenvalue weighted by atomic mass is 9.96. The van der Waals surface area contributed by atoms with Crippen molar-refractivity contribution in [3.8, 4) is 0 Å². The third kappa shape index (κ3) is 3.88. The zero-order valence-electron chi connectivity index (χ0n) is 16.5. The summed E-state index contributed by atoms with van der Waals surface area (Å²) >= 11 is 0. The third-order valence-electron chi connectivity index (χ3n) is 5.17. The molecule has 0 saturated heterocycles. The Morgan fingerprint density at radius 1 is 0.931 bits per heavy atom. The Hall–Kier alpha value is -2.77. The van der Waals surface area contributed by atoms with Gasteiger partial charge in [-0.15, -0.1) is 0 Å². The molecule has 3 aromatic carbocycles. The monoisotopic (exact) mass is 406 g/mol. The molecule has 148 valence electrons. The summed E-state index contributed by atoms with van der Waals surface area (Å²) in [6, 6.07) is 23.4. The van der Waals surface area contributed by atoms with Crippen molar-refractivity contribution in [2.24, 2.45) is 0 Å². The van der Waals surface area contributed by atoms with Crippen molar-refractivity contribution < 1.29 is 13.5 Å². The fourth-order valence-corrected chi connectivity index (χ4v) is 4.75. The van der Waals surface area contributed by atoms with Gasteiger partial charge in [0.2, 0.25) is 10.0 Å². The maximum atomic E-state index is 12.4. The molecule has 1 unspecified atom stereocenters. The van der Waals surface area contributed by atoms with Gasteiger partial charge < -0.3 is 9.67 Å². The van der Waals surface area contributed by atoms with Gasteiger partial charge in [-0.25, -0.2) is 8.42 Å². The molecule has 0 amide bonds. The average molecular weight is 406 g/mol. The van der Waals surface area contributed by atoms with E-state index in [-0.39, 0.29) is 6.54 Å². The van der Waals surface area contributed by atoms with Crippen LogP contribution in [0, 0.1) is 0 Å². The second-order valence-corrected chi connectivity index (χ2v) is 9.34. The first-order chi connectivity index (χ1) is 13.8. The van der Waals surface area contributed by atoms with Gasteiger partial charge in [-0.05, 0) is 24.3 Å². The number of aliphatic hydroxyl groups excluding tert-OH is 1. The molecule has 1 heterocycles. The molecule has 0 radical (unpaired) electrons. The molecule has 5 nitrogen and oxygen atoms in total. The minimum atomic E-state index is -3.53. The lowest BCUT2D eigenvalue weighted by molar-refractivity contribution is 0.166. The van der Waals surface area contributed by atoms with Crippen molar-refractivity contribution in [1.82, 2.24) is 4.57 Å². The molecule has 4 aromatic rings. The van der Waals surface area contributed by atoms with Crippen LogP contribution < -0.4 is 9.77 Å². The maximum absolute atomic E-state index is 12.4. The van der Waals surface area contributed by atoms with Crippen LogP contribution in [0.1, 0.15) is 0 Å². The number of anilines is 1. The number of fused-ring (bicyclic) bond motifs is 3. The van der Waals surface area contributed by atoms with Gasteiger partial charge in [0.1, 0.15) is 7.85 Å². The lowest BCUT2D eigenvalue weighted by Gasteiger charge is -2.26. The van der Waals surface area contributed by atoms with Crippen molar-refractivity contribution in [1.29, 1.82) is 0 Å². The Morgan fingerprint density at radius 2 is 1.45 bits per heavy atom. The molecule has 0 spiro atoms. The van der Waals surface area contributed by atoms with Gasteiger partial charge in [-0.2, -0.15) is 0 Å².